The molecule has 3 aromatic carbocycles. The van der Waals surface area contributed by atoms with E-state index < -0.39 is 6.04 Å². The molecular formula is C31H31ClN2O4. The number of nitrogens with one attached hydrogen (secondary N) is 1. The number of fused-ring (bicyclic) bond motifs is 1. The molecule has 0 radical (unpaired) electrons. The van der Waals surface area contributed by atoms with Crippen LogP contribution in [0.3, 0.4) is 0 Å². The smallest absolute Gasteiger partial charge is 0.232 e. The molecule has 6 nitrogen and oxygen atoms in total. The summed E-state index contributed by atoms with van der Waals surface area (Å²) >= 11 is 6.09. The molecule has 0 saturated carbocycles. The van der Waals surface area contributed by atoms with Crippen LogP contribution in [0.4, 0.5) is 11.4 Å². The third kappa shape index (κ3) is 4.88. The molecular weight excluding hydrogens is 500 g/mol. The van der Waals surface area contributed by atoms with Gasteiger partial charge in [-0.15, -0.1) is 0 Å². The Labute approximate surface area is 228 Å². The lowest BCUT2D eigenvalue weighted by Gasteiger charge is -2.37. The lowest BCUT2D eigenvalue weighted by molar-refractivity contribution is -0.119. The van der Waals surface area contributed by atoms with E-state index in [4.69, 9.17) is 21.1 Å². The van der Waals surface area contributed by atoms with Crippen molar-refractivity contribution in [1.29, 1.82) is 0 Å². The van der Waals surface area contributed by atoms with Crippen molar-refractivity contribution in [3.63, 3.8) is 0 Å². The fourth-order valence-corrected chi connectivity index (χ4v) is 5.59. The molecule has 196 valence electrons. The summed E-state index contributed by atoms with van der Waals surface area (Å²) in [6.07, 6.45) is 1.23. The Bertz CT molecular complexity index is 1430. The van der Waals surface area contributed by atoms with Crippen molar-refractivity contribution in [3.8, 4) is 11.5 Å². The zero-order valence-electron chi connectivity index (χ0n) is 22.0. The fourth-order valence-electron chi connectivity index (χ4n) is 5.46. The second-order valence-electron chi connectivity index (χ2n) is 10.6. The maximum atomic E-state index is 14.2. The third-order valence-electron chi connectivity index (χ3n) is 7.16. The quantitative estimate of drug-likeness (QED) is 0.395. The van der Waals surface area contributed by atoms with Gasteiger partial charge in [0.05, 0.1) is 38.1 Å². The summed E-state index contributed by atoms with van der Waals surface area (Å²) < 4.78 is 11.1. The molecule has 0 aromatic heterocycles. The van der Waals surface area contributed by atoms with Gasteiger partial charge in [0, 0.05) is 22.7 Å². The number of benzene rings is 3. The molecule has 7 heteroatoms. The Balaban J connectivity index is 1.73. The molecule has 3 aromatic rings. The van der Waals surface area contributed by atoms with Crippen LogP contribution in [0, 0.1) is 5.41 Å². The molecule has 5 rings (SSSR count). The Hall–Kier alpha value is -3.77. The van der Waals surface area contributed by atoms with Crippen molar-refractivity contribution in [2.24, 2.45) is 5.41 Å². The standard InChI is InChI=1S/C31H31ClN2O4/c1-31(2)17-23-29(25(35)18-31)30(20-11-14-26(37-3)27(16-20)38-4)34(24-8-6-5-7-22(24)33-23)28(36)15-19-9-12-21(32)13-10-19/h5-14,16,30,33H,15,17-18H2,1-4H3/t30-/m0/s1. The van der Waals surface area contributed by atoms with E-state index >= 15 is 0 Å². The number of anilines is 2. The molecule has 0 spiro atoms. The first kappa shape index (κ1) is 25.9. The monoisotopic (exact) mass is 530 g/mol. The Morgan fingerprint density at radius 2 is 1.71 bits per heavy atom. The van der Waals surface area contributed by atoms with Crippen LogP contribution in [-0.4, -0.2) is 25.9 Å². The number of halogens is 1. The molecule has 0 unspecified atom stereocenters. The SMILES string of the molecule is COc1ccc([C@H]2C3=C(CC(C)(C)CC3=O)Nc3ccccc3N2C(=O)Cc2ccc(Cl)cc2)cc1OC. The Kier molecular flexibility index (Phi) is 6.93. The summed E-state index contributed by atoms with van der Waals surface area (Å²) in [7, 11) is 3.16. The van der Waals surface area contributed by atoms with Crippen LogP contribution < -0.4 is 19.7 Å². The van der Waals surface area contributed by atoms with Crippen LogP contribution in [0.15, 0.2) is 78.0 Å². The van der Waals surface area contributed by atoms with Crippen LogP contribution in [-0.2, 0) is 16.0 Å². The van der Waals surface area contributed by atoms with Crippen molar-refractivity contribution in [2.45, 2.75) is 39.2 Å². The maximum absolute atomic E-state index is 14.2. The number of ether oxygens (including phenoxy) is 2. The van der Waals surface area contributed by atoms with Crippen LogP contribution in [0.1, 0.15) is 43.9 Å². The average Bonchev–Trinajstić information content (AvgIpc) is 3.03. The highest BCUT2D eigenvalue weighted by Gasteiger charge is 2.43. The zero-order chi connectivity index (χ0) is 27.0. The lowest BCUT2D eigenvalue weighted by Crippen LogP contribution is -2.40. The van der Waals surface area contributed by atoms with Gasteiger partial charge in [-0.25, -0.2) is 0 Å². The van der Waals surface area contributed by atoms with Crippen molar-refractivity contribution < 1.29 is 19.1 Å². The summed E-state index contributed by atoms with van der Waals surface area (Å²) in [5, 5.41) is 4.16. The highest BCUT2D eigenvalue weighted by Crippen LogP contribution is 2.49. The van der Waals surface area contributed by atoms with Crippen LogP contribution in [0.2, 0.25) is 5.02 Å². The molecule has 0 bridgehead atoms. The predicted octanol–water partition coefficient (Wildman–Crippen LogP) is 6.74. The number of Topliss-reactive ketones (excluding diaryl/α,β-unsaturated/α-hetero) is 1. The molecule has 38 heavy (non-hydrogen) atoms. The van der Waals surface area contributed by atoms with Gasteiger partial charge in [0.15, 0.2) is 17.3 Å². The minimum absolute atomic E-state index is 0.0284. The van der Waals surface area contributed by atoms with Gasteiger partial charge in [0.1, 0.15) is 0 Å². The number of allylic oxidation sites excluding steroid dienone is 1. The first-order valence-electron chi connectivity index (χ1n) is 12.6. The van der Waals surface area contributed by atoms with E-state index in [1.165, 1.54) is 0 Å². The number of hydrogen-bond acceptors (Lipinski definition) is 5. The summed E-state index contributed by atoms with van der Waals surface area (Å²) in [6, 6.07) is 19.9. The largest absolute Gasteiger partial charge is 0.493 e. The van der Waals surface area contributed by atoms with Crippen molar-refractivity contribution in [3.05, 3.63) is 94.1 Å². The number of amides is 1. The molecule has 0 fully saturated rings. The number of hydrogen-bond donors (Lipinski definition) is 1. The van der Waals surface area contributed by atoms with Crippen LogP contribution >= 0.6 is 11.6 Å². The number of nitrogens with zero attached hydrogens (tertiary/aromatic N) is 1. The number of carbonyl (C=O) groups is 2. The third-order valence-corrected chi connectivity index (χ3v) is 7.41. The number of carbonyl (C=O) groups excluding carboxylic acids is 2. The second kappa shape index (κ2) is 10.2. The Morgan fingerprint density at radius 3 is 2.42 bits per heavy atom. The molecule has 2 aliphatic rings. The van der Waals surface area contributed by atoms with E-state index in [1.54, 1.807) is 31.3 Å². The average molecular weight is 531 g/mol. The molecule has 1 aliphatic carbocycles. The fraction of sp³-hybridized carbons (Fsp3) is 0.290. The summed E-state index contributed by atoms with van der Waals surface area (Å²) in [5.74, 6) is 1.01. The van der Waals surface area contributed by atoms with Crippen LogP contribution in [0.5, 0.6) is 11.5 Å². The van der Waals surface area contributed by atoms with Crippen molar-refractivity contribution >= 4 is 34.7 Å². The van der Waals surface area contributed by atoms with E-state index in [-0.39, 0.29) is 23.5 Å². The van der Waals surface area contributed by atoms with E-state index in [0.29, 0.717) is 40.6 Å². The molecule has 1 amide bonds. The predicted molar refractivity (Wildman–Crippen MR) is 150 cm³/mol. The van der Waals surface area contributed by atoms with E-state index in [0.717, 1.165) is 22.5 Å². The number of ketones is 1. The number of methoxy groups -OCH3 is 2. The second-order valence-corrected chi connectivity index (χ2v) is 11.0. The van der Waals surface area contributed by atoms with Gasteiger partial charge in [-0.2, -0.15) is 0 Å². The van der Waals surface area contributed by atoms with Gasteiger partial charge in [-0.1, -0.05) is 55.8 Å². The minimum atomic E-state index is -0.649. The molecule has 0 saturated heterocycles. The summed E-state index contributed by atoms with van der Waals surface area (Å²) in [5.41, 5.74) is 4.36. The van der Waals surface area contributed by atoms with Crippen molar-refractivity contribution in [2.75, 3.05) is 24.4 Å². The topological polar surface area (TPSA) is 67.9 Å². The Morgan fingerprint density at radius 1 is 1.00 bits per heavy atom. The van der Waals surface area contributed by atoms with Gasteiger partial charge in [0.2, 0.25) is 5.91 Å². The van der Waals surface area contributed by atoms with E-state index in [1.807, 2.05) is 54.6 Å². The van der Waals surface area contributed by atoms with Gasteiger partial charge in [0.25, 0.3) is 0 Å². The summed E-state index contributed by atoms with van der Waals surface area (Å²) in [4.78, 5) is 29.8. The number of para-hydroxylation sites is 2. The molecule has 1 atom stereocenters. The zero-order valence-corrected chi connectivity index (χ0v) is 22.8. The normalized spacial score (nSPS) is 18.2. The van der Waals surface area contributed by atoms with Gasteiger partial charge >= 0.3 is 0 Å². The van der Waals surface area contributed by atoms with Gasteiger partial charge in [-0.05, 0) is 59.4 Å². The lowest BCUT2D eigenvalue weighted by atomic mass is 9.73. The highest BCUT2D eigenvalue weighted by molar-refractivity contribution is 6.30. The van der Waals surface area contributed by atoms with E-state index in [2.05, 4.69) is 19.2 Å². The van der Waals surface area contributed by atoms with Crippen LogP contribution in [0.25, 0.3) is 0 Å². The van der Waals surface area contributed by atoms with Crippen molar-refractivity contribution in [1.82, 2.24) is 0 Å². The molecule has 1 heterocycles. The van der Waals surface area contributed by atoms with Gasteiger partial charge in [-0.3, -0.25) is 14.5 Å². The van der Waals surface area contributed by atoms with Gasteiger partial charge < -0.3 is 14.8 Å². The first-order chi connectivity index (χ1) is 18.2. The first-order valence-corrected chi connectivity index (χ1v) is 13.0. The number of rotatable bonds is 5. The maximum Gasteiger partial charge on any atom is 0.232 e. The molecule has 1 N–H and O–H groups in total. The summed E-state index contributed by atoms with van der Waals surface area (Å²) in [6.45, 7) is 4.20. The minimum Gasteiger partial charge on any atom is -0.493 e. The molecule has 1 aliphatic heterocycles. The highest BCUT2D eigenvalue weighted by atomic mass is 35.5. The van der Waals surface area contributed by atoms with E-state index in [9.17, 15) is 9.59 Å².